The number of nitrogens with zero attached hydrogens (tertiary/aromatic N) is 3. The van der Waals surface area contributed by atoms with Crippen LogP contribution < -0.4 is 10.6 Å². The number of aryl methyl sites for hydroxylation is 2. The molecule has 2 aromatic heterocycles. The molecule has 0 bridgehead atoms. The number of benzene rings is 2. The number of fused-ring (bicyclic) bond motifs is 2. The van der Waals surface area contributed by atoms with Crippen molar-refractivity contribution in [2.75, 3.05) is 18.5 Å². The van der Waals surface area contributed by atoms with Crippen molar-refractivity contribution in [1.29, 1.82) is 0 Å². The largest absolute Gasteiger partial charge is 0.381 e. The van der Waals surface area contributed by atoms with Crippen LogP contribution in [0.25, 0.3) is 21.8 Å². The molecule has 176 valence electrons. The summed E-state index contributed by atoms with van der Waals surface area (Å²) in [5.41, 5.74) is 4.59. The SMILES string of the molecule is CCc1nc2c(cnn2CC)c(NC2CCOCC2)c1CNC(=O)c1ccc2ccccc2c1. The molecule has 4 aromatic rings. The van der Waals surface area contributed by atoms with Gasteiger partial charge in [-0.1, -0.05) is 37.3 Å². The lowest BCUT2D eigenvalue weighted by atomic mass is 10.0. The fourth-order valence-electron chi connectivity index (χ4n) is 4.70. The summed E-state index contributed by atoms with van der Waals surface area (Å²) in [4.78, 5) is 18.0. The molecule has 0 unspecified atom stereocenters. The van der Waals surface area contributed by atoms with E-state index in [1.807, 2.05) is 47.3 Å². The van der Waals surface area contributed by atoms with E-state index in [1.165, 1.54) is 0 Å². The van der Waals surface area contributed by atoms with E-state index in [0.29, 0.717) is 18.2 Å². The zero-order chi connectivity index (χ0) is 23.5. The highest BCUT2D eigenvalue weighted by atomic mass is 16.5. The first-order valence-corrected chi connectivity index (χ1v) is 12.2. The number of anilines is 1. The number of carbonyl (C=O) groups excluding carboxylic acids is 1. The molecule has 0 atom stereocenters. The molecule has 0 saturated carbocycles. The van der Waals surface area contributed by atoms with E-state index in [2.05, 4.69) is 35.6 Å². The van der Waals surface area contributed by atoms with Gasteiger partial charge < -0.3 is 15.4 Å². The van der Waals surface area contributed by atoms with Crippen LogP contribution in [-0.2, 0) is 24.2 Å². The number of aromatic nitrogens is 3. The maximum absolute atomic E-state index is 13.1. The lowest BCUT2D eigenvalue weighted by molar-refractivity contribution is 0.0904. The third-order valence-electron chi connectivity index (χ3n) is 6.61. The molecule has 2 aromatic carbocycles. The Morgan fingerprint density at radius 2 is 1.91 bits per heavy atom. The van der Waals surface area contributed by atoms with E-state index in [-0.39, 0.29) is 5.91 Å². The summed E-state index contributed by atoms with van der Waals surface area (Å²) in [7, 11) is 0. The average Bonchev–Trinajstić information content (AvgIpc) is 3.30. The second-order valence-electron chi connectivity index (χ2n) is 8.74. The molecule has 5 rings (SSSR count). The van der Waals surface area contributed by atoms with Crippen LogP contribution in [0.2, 0.25) is 0 Å². The van der Waals surface area contributed by atoms with Crippen LogP contribution in [-0.4, -0.2) is 39.9 Å². The second-order valence-corrected chi connectivity index (χ2v) is 8.74. The highest BCUT2D eigenvalue weighted by Crippen LogP contribution is 2.31. The van der Waals surface area contributed by atoms with Crippen LogP contribution in [0.5, 0.6) is 0 Å². The number of hydrogen-bond acceptors (Lipinski definition) is 5. The number of carbonyl (C=O) groups is 1. The van der Waals surface area contributed by atoms with Crippen molar-refractivity contribution in [1.82, 2.24) is 20.1 Å². The first-order chi connectivity index (χ1) is 16.7. The van der Waals surface area contributed by atoms with E-state index in [0.717, 1.165) is 77.8 Å². The van der Waals surface area contributed by atoms with Crippen molar-refractivity contribution in [3.63, 3.8) is 0 Å². The minimum absolute atomic E-state index is 0.0887. The standard InChI is InChI=1S/C27H31N5O2/c1-3-24-22(16-28-27(33)20-10-9-18-7-5-6-8-19(18)15-20)25(30-21-11-13-34-14-12-21)23-17-29-32(4-2)26(23)31-24/h5-10,15,17,21H,3-4,11-14,16H2,1-2H3,(H,28,33)(H,30,31). The number of hydrogen-bond donors (Lipinski definition) is 2. The predicted octanol–water partition coefficient (Wildman–Crippen LogP) is 4.69. The van der Waals surface area contributed by atoms with Crippen molar-refractivity contribution in [2.24, 2.45) is 0 Å². The lowest BCUT2D eigenvalue weighted by Crippen LogP contribution is -2.30. The Labute approximate surface area is 199 Å². The zero-order valence-electron chi connectivity index (χ0n) is 19.8. The lowest BCUT2D eigenvalue weighted by Gasteiger charge is -2.26. The molecule has 34 heavy (non-hydrogen) atoms. The Bertz CT molecular complexity index is 1320. The van der Waals surface area contributed by atoms with Gasteiger partial charge in [-0.05, 0) is 49.1 Å². The highest BCUT2D eigenvalue weighted by Gasteiger charge is 2.22. The van der Waals surface area contributed by atoms with Gasteiger partial charge in [0.25, 0.3) is 5.91 Å². The quantitative estimate of drug-likeness (QED) is 0.421. The highest BCUT2D eigenvalue weighted by molar-refractivity contribution is 5.99. The smallest absolute Gasteiger partial charge is 0.251 e. The van der Waals surface area contributed by atoms with Crippen LogP contribution in [0.3, 0.4) is 0 Å². The molecule has 0 radical (unpaired) electrons. The summed E-state index contributed by atoms with van der Waals surface area (Å²) in [6.45, 7) is 6.86. The summed E-state index contributed by atoms with van der Waals surface area (Å²) < 4.78 is 7.49. The monoisotopic (exact) mass is 457 g/mol. The van der Waals surface area contributed by atoms with Gasteiger partial charge in [-0.3, -0.25) is 4.79 Å². The second kappa shape index (κ2) is 9.81. The third kappa shape index (κ3) is 4.35. The van der Waals surface area contributed by atoms with Gasteiger partial charge in [0, 0.05) is 49.2 Å². The fraction of sp³-hybridized carbons (Fsp3) is 0.370. The van der Waals surface area contributed by atoms with Crippen molar-refractivity contribution < 1.29 is 9.53 Å². The van der Waals surface area contributed by atoms with Gasteiger partial charge in [-0.15, -0.1) is 0 Å². The molecular formula is C27H31N5O2. The maximum atomic E-state index is 13.1. The van der Waals surface area contributed by atoms with E-state index < -0.39 is 0 Å². The molecule has 1 fully saturated rings. The van der Waals surface area contributed by atoms with Crippen LogP contribution >= 0.6 is 0 Å². The van der Waals surface area contributed by atoms with Crippen LogP contribution in [0, 0.1) is 0 Å². The number of rotatable bonds is 7. The number of nitrogens with one attached hydrogen (secondary N) is 2. The first-order valence-electron chi connectivity index (χ1n) is 12.2. The van der Waals surface area contributed by atoms with Gasteiger partial charge >= 0.3 is 0 Å². The van der Waals surface area contributed by atoms with E-state index in [9.17, 15) is 4.79 Å². The Kier molecular flexibility index (Phi) is 6.45. The number of pyridine rings is 1. The molecule has 1 saturated heterocycles. The Morgan fingerprint density at radius 1 is 1.12 bits per heavy atom. The molecule has 0 aliphatic carbocycles. The first kappa shape index (κ1) is 22.3. The Morgan fingerprint density at radius 3 is 2.68 bits per heavy atom. The average molecular weight is 458 g/mol. The van der Waals surface area contributed by atoms with Gasteiger partial charge in [0.15, 0.2) is 5.65 Å². The summed E-state index contributed by atoms with van der Waals surface area (Å²) >= 11 is 0. The van der Waals surface area contributed by atoms with E-state index >= 15 is 0 Å². The number of amides is 1. The normalized spacial score (nSPS) is 14.5. The summed E-state index contributed by atoms with van der Waals surface area (Å²) in [6.07, 6.45) is 4.57. The molecule has 7 nitrogen and oxygen atoms in total. The van der Waals surface area contributed by atoms with Crippen LogP contribution in [0.4, 0.5) is 5.69 Å². The van der Waals surface area contributed by atoms with Crippen LogP contribution in [0.15, 0.2) is 48.7 Å². The third-order valence-corrected chi connectivity index (χ3v) is 6.61. The zero-order valence-corrected chi connectivity index (χ0v) is 19.8. The molecule has 0 spiro atoms. The summed E-state index contributed by atoms with van der Waals surface area (Å²) in [6, 6.07) is 14.2. The Hall–Kier alpha value is -3.45. The fourth-order valence-corrected chi connectivity index (χ4v) is 4.70. The van der Waals surface area contributed by atoms with Crippen molar-refractivity contribution in [3.05, 3.63) is 65.5 Å². The molecule has 1 amide bonds. The molecule has 2 N–H and O–H groups in total. The Balaban J connectivity index is 1.47. The van der Waals surface area contributed by atoms with E-state index in [4.69, 9.17) is 9.72 Å². The van der Waals surface area contributed by atoms with Gasteiger partial charge in [0.1, 0.15) is 0 Å². The van der Waals surface area contributed by atoms with Crippen LogP contribution in [0.1, 0.15) is 48.3 Å². The molecule has 3 heterocycles. The predicted molar refractivity (Wildman–Crippen MR) is 135 cm³/mol. The van der Waals surface area contributed by atoms with Gasteiger partial charge in [0.05, 0.1) is 17.3 Å². The minimum atomic E-state index is -0.0887. The summed E-state index contributed by atoms with van der Waals surface area (Å²) in [5.74, 6) is -0.0887. The van der Waals surface area contributed by atoms with Gasteiger partial charge in [0.2, 0.25) is 0 Å². The topological polar surface area (TPSA) is 81.1 Å². The molecule has 1 aliphatic rings. The number of ether oxygens (including phenoxy) is 1. The maximum Gasteiger partial charge on any atom is 0.251 e. The molecule has 1 aliphatic heterocycles. The minimum Gasteiger partial charge on any atom is -0.381 e. The van der Waals surface area contributed by atoms with Crippen molar-refractivity contribution >= 4 is 33.4 Å². The summed E-state index contributed by atoms with van der Waals surface area (Å²) in [5, 5.41) is 14.7. The van der Waals surface area contributed by atoms with Crippen molar-refractivity contribution in [2.45, 2.75) is 52.2 Å². The van der Waals surface area contributed by atoms with Crippen molar-refractivity contribution in [3.8, 4) is 0 Å². The van der Waals surface area contributed by atoms with E-state index in [1.54, 1.807) is 0 Å². The molecular weight excluding hydrogens is 426 g/mol. The van der Waals surface area contributed by atoms with Gasteiger partial charge in [-0.25, -0.2) is 9.67 Å². The van der Waals surface area contributed by atoms with Gasteiger partial charge in [-0.2, -0.15) is 5.10 Å². The molecule has 7 heteroatoms.